The molecule has 0 saturated carbocycles. The van der Waals surface area contributed by atoms with E-state index in [-0.39, 0.29) is 0 Å². The molecule has 0 unspecified atom stereocenters. The molecule has 0 atom stereocenters. The van der Waals surface area contributed by atoms with Gasteiger partial charge in [0.15, 0.2) is 0 Å². The maximum Gasteiger partial charge on any atom is -0.0142 e. The summed E-state index contributed by atoms with van der Waals surface area (Å²) in [5, 5.41) is 2.12. The summed E-state index contributed by atoms with van der Waals surface area (Å²) in [5.74, 6) is 0. The van der Waals surface area contributed by atoms with E-state index >= 15 is 0 Å². The van der Waals surface area contributed by atoms with Crippen molar-refractivity contribution in [2.75, 3.05) is 6.26 Å². The van der Waals surface area contributed by atoms with Crippen LogP contribution in [0, 0.1) is 0 Å². The fourth-order valence-corrected chi connectivity index (χ4v) is 0.938. The van der Waals surface area contributed by atoms with Gasteiger partial charge in [0.1, 0.15) is 0 Å². The minimum atomic E-state index is 1.32. The van der Waals surface area contributed by atoms with Gasteiger partial charge in [0.2, 0.25) is 0 Å². The lowest BCUT2D eigenvalue weighted by molar-refractivity contribution is 1.53. The number of hydrogen-bond donors (Lipinski definition) is 0. The van der Waals surface area contributed by atoms with E-state index in [1.807, 2.05) is 13.0 Å². The molecule has 0 amide bonds. The second-order valence-corrected chi connectivity index (χ2v) is 2.30. The maximum atomic E-state index is 2.12. The third-order valence-corrected chi connectivity index (χ3v) is 1.34. The number of rotatable bonds is 2. The van der Waals surface area contributed by atoms with Crippen LogP contribution >= 0.6 is 11.8 Å². The molecular weight excluding hydrogens is 116 g/mol. The first-order valence-corrected chi connectivity index (χ1v) is 3.92. The summed E-state index contributed by atoms with van der Waals surface area (Å²) in [6.07, 6.45) is 6.20. The molecule has 0 spiro atoms. The van der Waals surface area contributed by atoms with Crippen molar-refractivity contribution in [2.45, 2.75) is 13.8 Å². The van der Waals surface area contributed by atoms with Crippen LogP contribution in [0.1, 0.15) is 13.8 Å². The molecule has 0 fully saturated rings. The highest BCUT2D eigenvalue weighted by atomic mass is 32.2. The van der Waals surface area contributed by atoms with Gasteiger partial charge < -0.3 is 0 Å². The molecule has 8 heavy (non-hydrogen) atoms. The van der Waals surface area contributed by atoms with Crippen LogP contribution in [0.5, 0.6) is 0 Å². The minimum Gasteiger partial charge on any atom is -0.137 e. The Labute approximate surface area is 55.7 Å². The van der Waals surface area contributed by atoms with Crippen molar-refractivity contribution in [2.24, 2.45) is 0 Å². The van der Waals surface area contributed by atoms with Gasteiger partial charge in [-0.25, -0.2) is 0 Å². The van der Waals surface area contributed by atoms with Crippen molar-refractivity contribution < 1.29 is 0 Å². The summed E-state index contributed by atoms with van der Waals surface area (Å²) in [5.41, 5.74) is 1.32. The lowest BCUT2D eigenvalue weighted by Gasteiger charge is -1.85. The molecule has 0 heterocycles. The van der Waals surface area contributed by atoms with Crippen molar-refractivity contribution in [1.29, 1.82) is 0 Å². The quantitative estimate of drug-likeness (QED) is 0.515. The lowest BCUT2D eigenvalue weighted by Crippen LogP contribution is -1.61. The van der Waals surface area contributed by atoms with E-state index in [1.165, 1.54) is 5.57 Å². The van der Waals surface area contributed by atoms with Gasteiger partial charge in [-0.15, -0.1) is 11.8 Å². The first-order valence-electron chi connectivity index (χ1n) is 2.63. The van der Waals surface area contributed by atoms with Crippen LogP contribution in [0.3, 0.4) is 0 Å². The maximum absolute atomic E-state index is 2.12. The smallest absolute Gasteiger partial charge is 0.0142 e. The minimum absolute atomic E-state index is 1.32. The molecule has 0 bridgehead atoms. The Morgan fingerprint density at radius 3 is 2.50 bits per heavy atom. The highest BCUT2D eigenvalue weighted by Gasteiger charge is 1.74. The third-order valence-electron chi connectivity index (χ3n) is 0.733. The monoisotopic (exact) mass is 128 g/mol. The standard InChI is InChI=1S/C7H12S/c1-4-5-7(2)6-8-3/h4-6H,1-3H3/b5-4-,7-6-. The van der Waals surface area contributed by atoms with Gasteiger partial charge in [-0.3, -0.25) is 0 Å². The Hall–Kier alpha value is -0.170. The molecule has 0 aromatic carbocycles. The Morgan fingerprint density at radius 1 is 1.50 bits per heavy atom. The second-order valence-electron chi connectivity index (χ2n) is 1.60. The van der Waals surface area contributed by atoms with Gasteiger partial charge in [-0.2, -0.15) is 0 Å². The second kappa shape index (κ2) is 4.98. The summed E-state index contributed by atoms with van der Waals surface area (Å²) in [6, 6.07) is 0. The topological polar surface area (TPSA) is 0 Å². The van der Waals surface area contributed by atoms with Crippen LogP contribution in [0.15, 0.2) is 23.1 Å². The van der Waals surface area contributed by atoms with Gasteiger partial charge in [0, 0.05) is 0 Å². The summed E-state index contributed by atoms with van der Waals surface area (Å²) >= 11 is 1.74. The molecule has 0 aliphatic rings. The van der Waals surface area contributed by atoms with Crippen LogP contribution in [0.4, 0.5) is 0 Å². The molecule has 0 aromatic rings. The van der Waals surface area contributed by atoms with Gasteiger partial charge in [-0.1, -0.05) is 12.2 Å². The average molecular weight is 128 g/mol. The van der Waals surface area contributed by atoms with Crippen LogP contribution < -0.4 is 0 Å². The molecule has 0 aromatic heterocycles. The zero-order valence-corrected chi connectivity index (χ0v) is 6.46. The fraction of sp³-hybridized carbons (Fsp3) is 0.429. The third kappa shape index (κ3) is 4.00. The van der Waals surface area contributed by atoms with Crippen LogP contribution in [0.25, 0.3) is 0 Å². The Kier molecular flexibility index (Phi) is 4.87. The van der Waals surface area contributed by atoms with E-state index in [2.05, 4.69) is 24.7 Å². The van der Waals surface area contributed by atoms with Crippen molar-refractivity contribution in [1.82, 2.24) is 0 Å². The molecule has 0 N–H and O–H groups in total. The summed E-state index contributed by atoms with van der Waals surface area (Å²) < 4.78 is 0. The molecular formula is C7H12S. The van der Waals surface area contributed by atoms with Gasteiger partial charge in [0.05, 0.1) is 0 Å². The zero-order chi connectivity index (χ0) is 6.41. The van der Waals surface area contributed by atoms with E-state index in [0.717, 1.165) is 0 Å². The average Bonchev–Trinajstić information content (AvgIpc) is 1.68. The van der Waals surface area contributed by atoms with E-state index in [1.54, 1.807) is 11.8 Å². The normalized spacial score (nSPS) is 13.1. The summed E-state index contributed by atoms with van der Waals surface area (Å²) in [4.78, 5) is 0. The summed E-state index contributed by atoms with van der Waals surface area (Å²) in [7, 11) is 0. The van der Waals surface area contributed by atoms with E-state index in [4.69, 9.17) is 0 Å². The summed E-state index contributed by atoms with van der Waals surface area (Å²) in [6.45, 7) is 4.12. The SMILES string of the molecule is C/C=C\C(C)=C/SC. The molecule has 46 valence electrons. The van der Waals surface area contributed by atoms with Crippen molar-refractivity contribution in [3.63, 3.8) is 0 Å². The first kappa shape index (κ1) is 7.83. The number of thioether (sulfide) groups is 1. The van der Waals surface area contributed by atoms with E-state index in [0.29, 0.717) is 0 Å². The van der Waals surface area contributed by atoms with Crippen LogP contribution in [0.2, 0.25) is 0 Å². The van der Waals surface area contributed by atoms with Crippen molar-refractivity contribution in [3.8, 4) is 0 Å². The molecule has 0 aliphatic heterocycles. The lowest BCUT2D eigenvalue weighted by atomic mass is 10.3. The predicted molar refractivity (Wildman–Crippen MR) is 42.1 cm³/mol. The zero-order valence-electron chi connectivity index (χ0n) is 5.64. The number of hydrogen-bond acceptors (Lipinski definition) is 1. The van der Waals surface area contributed by atoms with Crippen molar-refractivity contribution in [3.05, 3.63) is 23.1 Å². The molecule has 0 saturated heterocycles. The highest BCUT2D eigenvalue weighted by molar-refractivity contribution is 8.01. The van der Waals surface area contributed by atoms with E-state index in [9.17, 15) is 0 Å². The van der Waals surface area contributed by atoms with E-state index < -0.39 is 0 Å². The van der Waals surface area contributed by atoms with Crippen LogP contribution in [-0.4, -0.2) is 6.26 Å². The van der Waals surface area contributed by atoms with Crippen molar-refractivity contribution >= 4 is 11.8 Å². The van der Waals surface area contributed by atoms with Gasteiger partial charge in [0.25, 0.3) is 0 Å². The molecule has 0 radical (unpaired) electrons. The Balaban J connectivity index is 3.61. The molecule has 0 nitrogen and oxygen atoms in total. The molecule has 1 heteroatoms. The first-order chi connectivity index (χ1) is 3.81. The fourth-order valence-electron chi connectivity index (χ4n) is 0.488. The van der Waals surface area contributed by atoms with Gasteiger partial charge in [-0.05, 0) is 31.1 Å². The largest absolute Gasteiger partial charge is 0.137 e. The molecule has 0 aliphatic carbocycles. The predicted octanol–water partition coefficient (Wildman–Crippen LogP) is 2.83. The van der Waals surface area contributed by atoms with Gasteiger partial charge >= 0.3 is 0 Å². The Bertz CT molecular complexity index is 101. The molecule has 0 rings (SSSR count). The number of allylic oxidation sites excluding steroid dienone is 3. The Morgan fingerprint density at radius 2 is 2.12 bits per heavy atom. The highest BCUT2D eigenvalue weighted by Crippen LogP contribution is 2.02. The van der Waals surface area contributed by atoms with Crippen LogP contribution in [-0.2, 0) is 0 Å².